The SMILES string of the molecule is COc1ccccc1-c1cc(C(=O)N2CCN(c3ncccn3)CC2)c2ccccc2n1. The maximum absolute atomic E-state index is 13.6. The molecular formula is C25H23N5O2. The Morgan fingerprint density at radius 1 is 0.906 bits per heavy atom. The topological polar surface area (TPSA) is 71.5 Å². The van der Waals surface area contributed by atoms with E-state index < -0.39 is 0 Å². The van der Waals surface area contributed by atoms with Crippen LogP contribution in [0.3, 0.4) is 0 Å². The summed E-state index contributed by atoms with van der Waals surface area (Å²) in [5.74, 6) is 1.44. The van der Waals surface area contributed by atoms with E-state index in [1.54, 1.807) is 25.6 Å². The third-order valence-corrected chi connectivity index (χ3v) is 5.73. The number of methoxy groups -OCH3 is 1. The number of amides is 1. The zero-order valence-corrected chi connectivity index (χ0v) is 17.8. The highest BCUT2D eigenvalue weighted by molar-refractivity contribution is 6.07. The van der Waals surface area contributed by atoms with Crippen LogP contribution >= 0.6 is 0 Å². The predicted octanol–water partition coefficient (Wildman–Crippen LogP) is 3.66. The molecule has 1 aliphatic rings. The molecule has 3 heterocycles. The van der Waals surface area contributed by atoms with E-state index in [1.165, 1.54) is 0 Å². The van der Waals surface area contributed by atoms with Crippen molar-refractivity contribution in [1.82, 2.24) is 19.9 Å². The highest BCUT2D eigenvalue weighted by atomic mass is 16.5. The molecule has 0 aliphatic carbocycles. The van der Waals surface area contributed by atoms with Gasteiger partial charge in [0.05, 0.1) is 23.9 Å². The molecule has 0 radical (unpaired) electrons. The minimum Gasteiger partial charge on any atom is -0.496 e. The third kappa shape index (κ3) is 3.73. The van der Waals surface area contributed by atoms with Crippen LogP contribution < -0.4 is 9.64 Å². The molecule has 5 rings (SSSR count). The number of rotatable bonds is 4. The summed E-state index contributed by atoms with van der Waals surface area (Å²) in [7, 11) is 1.64. The number of benzene rings is 2. The molecule has 0 saturated carbocycles. The molecule has 0 spiro atoms. The van der Waals surface area contributed by atoms with Crippen molar-refractivity contribution >= 4 is 22.8 Å². The van der Waals surface area contributed by atoms with Gasteiger partial charge >= 0.3 is 0 Å². The van der Waals surface area contributed by atoms with E-state index in [1.807, 2.05) is 59.5 Å². The van der Waals surface area contributed by atoms with Gasteiger partial charge in [-0.2, -0.15) is 0 Å². The lowest BCUT2D eigenvalue weighted by Crippen LogP contribution is -2.49. The van der Waals surface area contributed by atoms with Gasteiger partial charge in [0.2, 0.25) is 5.95 Å². The van der Waals surface area contributed by atoms with E-state index in [0.29, 0.717) is 37.7 Å². The fourth-order valence-corrected chi connectivity index (χ4v) is 4.08. The van der Waals surface area contributed by atoms with E-state index in [4.69, 9.17) is 9.72 Å². The van der Waals surface area contributed by atoms with E-state index >= 15 is 0 Å². The lowest BCUT2D eigenvalue weighted by molar-refractivity contribution is 0.0748. The van der Waals surface area contributed by atoms with Crippen molar-refractivity contribution < 1.29 is 9.53 Å². The summed E-state index contributed by atoms with van der Waals surface area (Å²) in [4.78, 5) is 31.1. The number of carbonyl (C=O) groups excluding carboxylic acids is 1. The number of aromatic nitrogens is 3. The zero-order chi connectivity index (χ0) is 21.9. The first-order valence-corrected chi connectivity index (χ1v) is 10.6. The molecule has 2 aromatic carbocycles. The monoisotopic (exact) mass is 425 g/mol. The molecule has 1 fully saturated rings. The minimum absolute atomic E-state index is 0.00776. The van der Waals surface area contributed by atoms with Crippen LogP contribution in [0.4, 0.5) is 5.95 Å². The molecule has 0 unspecified atom stereocenters. The minimum atomic E-state index is 0.00776. The Balaban J connectivity index is 1.48. The molecule has 2 aromatic heterocycles. The summed E-state index contributed by atoms with van der Waals surface area (Å²) in [6.07, 6.45) is 3.48. The summed E-state index contributed by atoms with van der Waals surface area (Å²) in [6.45, 7) is 2.60. The van der Waals surface area contributed by atoms with Gasteiger partial charge in [-0.1, -0.05) is 30.3 Å². The molecule has 7 heteroatoms. The Kier molecular flexibility index (Phi) is 5.37. The maximum atomic E-state index is 13.6. The number of pyridine rings is 1. The number of ether oxygens (including phenoxy) is 1. The van der Waals surface area contributed by atoms with Crippen molar-refractivity contribution in [2.24, 2.45) is 0 Å². The van der Waals surface area contributed by atoms with Crippen molar-refractivity contribution in [3.8, 4) is 17.0 Å². The first-order valence-electron chi connectivity index (χ1n) is 10.6. The summed E-state index contributed by atoms with van der Waals surface area (Å²) in [6, 6.07) is 19.2. The molecule has 7 nitrogen and oxygen atoms in total. The lowest BCUT2D eigenvalue weighted by atomic mass is 10.0. The fourth-order valence-electron chi connectivity index (χ4n) is 4.08. The lowest BCUT2D eigenvalue weighted by Gasteiger charge is -2.34. The molecule has 32 heavy (non-hydrogen) atoms. The smallest absolute Gasteiger partial charge is 0.254 e. The van der Waals surface area contributed by atoms with Crippen LogP contribution in [0.15, 0.2) is 73.1 Å². The number of hydrogen-bond donors (Lipinski definition) is 0. The van der Waals surface area contributed by atoms with Crippen molar-refractivity contribution in [1.29, 1.82) is 0 Å². The third-order valence-electron chi connectivity index (χ3n) is 5.73. The normalized spacial score (nSPS) is 13.9. The molecule has 1 saturated heterocycles. The van der Waals surface area contributed by atoms with Gasteiger partial charge in [-0.3, -0.25) is 4.79 Å². The number of anilines is 1. The van der Waals surface area contributed by atoms with Gasteiger partial charge in [-0.15, -0.1) is 0 Å². The van der Waals surface area contributed by atoms with E-state index in [0.717, 1.165) is 27.9 Å². The van der Waals surface area contributed by atoms with Crippen LogP contribution in [-0.4, -0.2) is 59.0 Å². The predicted molar refractivity (Wildman–Crippen MR) is 124 cm³/mol. The number of hydrogen-bond acceptors (Lipinski definition) is 6. The quantitative estimate of drug-likeness (QED) is 0.497. The number of piperazine rings is 1. The van der Waals surface area contributed by atoms with Crippen LogP contribution in [0.5, 0.6) is 5.75 Å². The average Bonchev–Trinajstić information content (AvgIpc) is 2.88. The van der Waals surface area contributed by atoms with Gasteiger partial charge in [0.15, 0.2) is 0 Å². The van der Waals surface area contributed by atoms with Gasteiger partial charge in [0, 0.05) is 49.5 Å². The van der Waals surface area contributed by atoms with E-state index in [-0.39, 0.29) is 5.91 Å². The summed E-state index contributed by atoms with van der Waals surface area (Å²) in [5, 5.41) is 0.852. The summed E-state index contributed by atoms with van der Waals surface area (Å²) < 4.78 is 5.53. The first kappa shape index (κ1) is 19.9. The number of fused-ring (bicyclic) bond motifs is 1. The van der Waals surface area contributed by atoms with Crippen molar-refractivity contribution in [3.05, 3.63) is 78.6 Å². The fraction of sp³-hybridized carbons (Fsp3) is 0.200. The molecule has 1 amide bonds. The molecule has 0 bridgehead atoms. The number of carbonyl (C=O) groups is 1. The Morgan fingerprint density at radius 3 is 2.41 bits per heavy atom. The molecule has 4 aromatic rings. The van der Waals surface area contributed by atoms with Gasteiger partial charge in [0.1, 0.15) is 5.75 Å². The van der Waals surface area contributed by atoms with Gasteiger partial charge in [0.25, 0.3) is 5.91 Å². The Bertz CT molecular complexity index is 1250. The molecule has 0 N–H and O–H groups in total. The van der Waals surface area contributed by atoms with Crippen molar-refractivity contribution in [2.45, 2.75) is 0 Å². The summed E-state index contributed by atoms with van der Waals surface area (Å²) in [5.41, 5.74) is 3.03. The Hall–Kier alpha value is -4.00. The first-order chi connectivity index (χ1) is 15.7. The zero-order valence-electron chi connectivity index (χ0n) is 17.8. The molecule has 1 aliphatic heterocycles. The van der Waals surface area contributed by atoms with Gasteiger partial charge < -0.3 is 14.5 Å². The second-order valence-electron chi connectivity index (χ2n) is 7.60. The number of para-hydroxylation sites is 2. The Labute approximate surface area is 186 Å². The summed E-state index contributed by atoms with van der Waals surface area (Å²) >= 11 is 0. The van der Waals surface area contributed by atoms with Crippen molar-refractivity contribution in [3.63, 3.8) is 0 Å². The van der Waals surface area contributed by atoms with Gasteiger partial charge in [-0.25, -0.2) is 15.0 Å². The standard InChI is InChI=1S/C25H23N5O2/c1-32-23-10-5-3-8-19(23)22-17-20(18-7-2-4-9-21(18)28-22)24(31)29-13-15-30(16-14-29)25-26-11-6-12-27-25/h2-12,17H,13-16H2,1H3. The van der Waals surface area contributed by atoms with Crippen molar-refractivity contribution in [2.75, 3.05) is 38.2 Å². The van der Waals surface area contributed by atoms with Crippen LogP contribution in [-0.2, 0) is 0 Å². The molecule has 0 atom stereocenters. The highest BCUT2D eigenvalue weighted by Crippen LogP contribution is 2.32. The van der Waals surface area contributed by atoms with Crippen LogP contribution in [0.2, 0.25) is 0 Å². The average molecular weight is 425 g/mol. The van der Waals surface area contributed by atoms with E-state index in [2.05, 4.69) is 14.9 Å². The second kappa shape index (κ2) is 8.63. The largest absolute Gasteiger partial charge is 0.496 e. The van der Waals surface area contributed by atoms with Crippen LogP contribution in [0.1, 0.15) is 10.4 Å². The van der Waals surface area contributed by atoms with Crippen LogP contribution in [0.25, 0.3) is 22.2 Å². The highest BCUT2D eigenvalue weighted by Gasteiger charge is 2.25. The van der Waals surface area contributed by atoms with E-state index in [9.17, 15) is 4.79 Å². The Morgan fingerprint density at radius 2 is 1.62 bits per heavy atom. The molecular weight excluding hydrogens is 402 g/mol. The molecule has 160 valence electrons. The second-order valence-corrected chi connectivity index (χ2v) is 7.60. The van der Waals surface area contributed by atoms with Crippen LogP contribution in [0, 0.1) is 0 Å². The maximum Gasteiger partial charge on any atom is 0.254 e. The van der Waals surface area contributed by atoms with Gasteiger partial charge in [-0.05, 0) is 30.3 Å². The number of nitrogens with zero attached hydrogens (tertiary/aromatic N) is 5.